The number of carbonyl (C=O) groups excluding carboxylic acids is 1. The van der Waals surface area contributed by atoms with E-state index in [0.717, 1.165) is 36.9 Å². The van der Waals surface area contributed by atoms with E-state index in [9.17, 15) is 9.18 Å². The Morgan fingerprint density at radius 2 is 2.00 bits per heavy atom. The highest BCUT2D eigenvalue weighted by molar-refractivity contribution is 6.03. The van der Waals surface area contributed by atoms with Crippen LogP contribution in [0.3, 0.4) is 0 Å². The number of methoxy groups -OCH3 is 1. The Kier molecular flexibility index (Phi) is 6.23. The van der Waals surface area contributed by atoms with Gasteiger partial charge in [-0.25, -0.2) is 14.4 Å². The van der Waals surface area contributed by atoms with Gasteiger partial charge in [0, 0.05) is 17.9 Å². The average molecular weight is 420 g/mol. The summed E-state index contributed by atoms with van der Waals surface area (Å²) in [6.07, 6.45) is 5.50. The molecule has 4 rings (SSSR count). The lowest BCUT2D eigenvalue weighted by Crippen LogP contribution is -2.27. The summed E-state index contributed by atoms with van der Waals surface area (Å²) < 4.78 is 19.7. The monoisotopic (exact) mass is 420 g/mol. The van der Waals surface area contributed by atoms with Crippen LogP contribution in [0.25, 0.3) is 11.4 Å². The van der Waals surface area contributed by atoms with Crippen LogP contribution < -0.4 is 15.8 Å². The van der Waals surface area contributed by atoms with Crippen LogP contribution in [0.15, 0.2) is 54.7 Å². The third kappa shape index (κ3) is 4.56. The van der Waals surface area contributed by atoms with Crippen molar-refractivity contribution in [1.82, 2.24) is 9.97 Å². The topological polar surface area (TPSA) is 90.1 Å². The maximum atomic E-state index is 14.4. The fraction of sp³-hybridized carbons (Fsp3) is 0.292. The van der Waals surface area contributed by atoms with Gasteiger partial charge in [0.25, 0.3) is 5.91 Å². The molecule has 1 saturated carbocycles. The van der Waals surface area contributed by atoms with E-state index in [-0.39, 0.29) is 29.0 Å². The van der Waals surface area contributed by atoms with Gasteiger partial charge in [0.1, 0.15) is 17.3 Å². The van der Waals surface area contributed by atoms with E-state index in [1.807, 2.05) is 24.3 Å². The van der Waals surface area contributed by atoms with Gasteiger partial charge in [0.15, 0.2) is 5.82 Å². The van der Waals surface area contributed by atoms with E-state index >= 15 is 0 Å². The molecule has 2 unspecified atom stereocenters. The van der Waals surface area contributed by atoms with Crippen molar-refractivity contribution in [3.8, 4) is 17.1 Å². The maximum Gasteiger partial charge on any atom is 0.274 e. The Bertz CT molecular complexity index is 1090. The van der Waals surface area contributed by atoms with Crippen LogP contribution in [0.1, 0.15) is 47.7 Å². The standard InChI is InChI=1S/C24H25FN4O2/c1-31-21-11-5-9-18(25)22(21)23-27-13-12-20(28-23)24(30)29-19-10-3-2-8-17(19)15-6-4-7-16(26)14-15/h2-3,5,8-13,15-16H,4,6-7,14,26H2,1H3,(H,29,30). The van der Waals surface area contributed by atoms with Gasteiger partial charge in [-0.15, -0.1) is 0 Å². The summed E-state index contributed by atoms with van der Waals surface area (Å²) >= 11 is 0. The van der Waals surface area contributed by atoms with E-state index in [0.29, 0.717) is 11.7 Å². The molecule has 0 saturated heterocycles. The van der Waals surface area contributed by atoms with Crippen molar-refractivity contribution in [2.45, 2.75) is 37.6 Å². The zero-order valence-electron chi connectivity index (χ0n) is 17.3. The molecule has 0 aliphatic heterocycles. The van der Waals surface area contributed by atoms with Crippen LogP contribution in [-0.4, -0.2) is 29.0 Å². The number of nitrogens with zero attached hydrogens (tertiary/aromatic N) is 2. The first-order valence-electron chi connectivity index (χ1n) is 10.4. The summed E-state index contributed by atoms with van der Waals surface area (Å²) in [6.45, 7) is 0. The predicted octanol–water partition coefficient (Wildman–Crippen LogP) is 4.53. The number of hydrogen-bond acceptors (Lipinski definition) is 5. The number of nitrogens with one attached hydrogen (secondary N) is 1. The normalized spacial score (nSPS) is 18.4. The third-order valence-corrected chi connectivity index (χ3v) is 5.67. The molecule has 1 aromatic heterocycles. The molecule has 6 nitrogen and oxygen atoms in total. The molecule has 2 aromatic carbocycles. The van der Waals surface area contributed by atoms with Gasteiger partial charge >= 0.3 is 0 Å². The van der Waals surface area contributed by atoms with Crippen LogP contribution in [0.2, 0.25) is 0 Å². The van der Waals surface area contributed by atoms with Gasteiger partial charge in [-0.05, 0) is 55.0 Å². The summed E-state index contributed by atoms with van der Waals surface area (Å²) in [5.74, 6) is -0.197. The number of halogens is 1. The van der Waals surface area contributed by atoms with Gasteiger partial charge in [-0.1, -0.05) is 30.7 Å². The molecule has 1 amide bonds. The number of rotatable bonds is 5. The average Bonchev–Trinajstić information content (AvgIpc) is 2.79. The lowest BCUT2D eigenvalue weighted by Gasteiger charge is -2.28. The molecule has 1 heterocycles. The number of hydrogen-bond donors (Lipinski definition) is 2. The smallest absolute Gasteiger partial charge is 0.274 e. The van der Waals surface area contributed by atoms with E-state index in [1.165, 1.54) is 25.4 Å². The molecule has 3 N–H and O–H groups in total. The second-order valence-corrected chi connectivity index (χ2v) is 7.75. The number of amides is 1. The molecule has 160 valence electrons. The molecule has 0 spiro atoms. The Balaban J connectivity index is 1.61. The number of nitrogens with two attached hydrogens (primary N) is 1. The minimum Gasteiger partial charge on any atom is -0.496 e. The van der Waals surface area contributed by atoms with E-state index in [2.05, 4.69) is 15.3 Å². The Morgan fingerprint density at radius 3 is 2.81 bits per heavy atom. The van der Waals surface area contributed by atoms with E-state index in [1.54, 1.807) is 12.1 Å². The molecule has 1 aliphatic carbocycles. The van der Waals surface area contributed by atoms with Crippen molar-refractivity contribution >= 4 is 11.6 Å². The first kappa shape index (κ1) is 20.9. The first-order chi connectivity index (χ1) is 15.1. The summed E-state index contributed by atoms with van der Waals surface area (Å²) in [5, 5.41) is 2.97. The minimum atomic E-state index is -0.518. The van der Waals surface area contributed by atoms with E-state index < -0.39 is 5.82 Å². The number of aromatic nitrogens is 2. The van der Waals surface area contributed by atoms with Gasteiger partial charge < -0.3 is 15.8 Å². The lowest BCUT2D eigenvalue weighted by molar-refractivity contribution is 0.102. The van der Waals surface area contributed by atoms with Crippen molar-refractivity contribution in [2.24, 2.45) is 5.73 Å². The fourth-order valence-electron chi connectivity index (χ4n) is 4.16. The summed E-state index contributed by atoms with van der Waals surface area (Å²) in [5.41, 5.74) is 8.26. The summed E-state index contributed by atoms with van der Waals surface area (Å²) in [4.78, 5) is 21.4. The molecule has 0 bridgehead atoms. The van der Waals surface area contributed by atoms with Crippen LogP contribution in [0.5, 0.6) is 5.75 Å². The number of anilines is 1. The van der Waals surface area contributed by atoms with Crippen molar-refractivity contribution < 1.29 is 13.9 Å². The second-order valence-electron chi connectivity index (χ2n) is 7.75. The molecule has 1 aliphatic rings. The SMILES string of the molecule is COc1cccc(F)c1-c1nccc(C(=O)Nc2ccccc2C2CCCC(N)C2)n1. The van der Waals surface area contributed by atoms with Crippen LogP contribution >= 0.6 is 0 Å². The summed E-state index contributed by atoms with van der Waals surface area (Å²) in [6, 6.07) is 13.9. The van der Waals surface area contributed by atoms with Crippen LogP contribution in [0, 0.1) is 5.82 Å². The second kappa shape index (κ2) is 9.22. The first-order valence-corrected chi connectivity index (χ1v) is 10.4. The van der Waals surface area contributed by atoms with Crippen molar-refractivity contribution in [3.05, 3.63) is 71.8 Å². The van der Waals surface area contributed by atoms with Gasteiger partial charge in [-0.3, -0.25) is 4.79 Å². The van der Waals surface area contributed by atoms with Crippen molar-refractivity contribution in [3.63, 3.8) is 0 Å². The highest BCUT2D eigenvalue weighted by Crippen LogP contribution is 2.36. The quantitative estimate of drug-likeness (QED) is 0.633. The zero-order valence-corrected chi connectivity index (χ0v) is 17.3. The molecule has 2 atom stereocenters. The molecular weight excluding hydrogens is 395 g/mol. The largest absolute Gasteiger partial charge is 0.496 e. The molecule has 0 radical (unpaired) electrons. The van der Waals surface area contributed by atoms with Gasteiger partial charge in [0.05, 0.1) is 12.7 Å². The minimum absolute atomic E-state index is 0.0918. The number of benzene rings is 2. The van der Waals surface area contributed by atoms with E-state index in [4.69, 9.17) is 10.5 Å². The highest BCUT2D eigenvalue weighted by atomic mass is 19.1. The molecule has 3 aromatic rings. The zero-order chi connectivity index (χ0) is 21.8. The molecule has 7 heteroatoms. The summed E-state index contributed by atoms with van der Waals surface area (Å²) in [7, 11) is 1.45. The lowest BCUT2D eigenvalue weighted by atomic mass is 9.81. The number of ether oxygens (including phenoxy) is 1. The Morgan fingerprint density at radius 1 is 1.16 bits per heavy atom. The Hall–Kier alpha value is -3.32. The van der Waals surface area contributed by atoms with Crippen molar-refractivity contribution in [2.75, 3.05) is 12.4 Å². The molecule has 1 fully saturated rings. The Labute approximate surface area is 180 Å². The van der Waals surface area contributed by atoms with Gasteiger partial charge in [0.2, 0.25) is 0 Å². The van der Waals surface area contributed by atoms with Crippen molar-refractivity contribution in [1.29, 1.82) is 0 Å². The number of carbonyl (C=O) groups is 1. The molecular formula is C24H25FN4O2. The number of para-hydroxylation sites is 1. The predicted molar refractivity (Wildman–Crippen MR) is 118 cm³/mol. The van der Waals surface area contributed by atoms with Crippen LogP contribution in [-0.2, 0) is 0 Å². The van der Waals surface area contributed by atoms with Gasteiger partial charge in [-0.2, -0.15) is 0 Å². The third-order valence-electron chi connectivity index (χ3n) is 5.67. The molecule has 31 heavy (non-hydrogen) atoms. The highest BCUT2D eigenvalue weighted by Gasteiger charge is 2.24. The maximum absolute atomic E-state index is 14.4. The fourth-order valence-corrected chi connectivity index (χ4v) is 4.16. The van der Waals surface area contributed by atoms with Crippen LogP contribution in [0.4, 0.5) is 10.1 Å².